The van der Waals surface area contributed by atoms with Gasteiger partial charge in [0.25, 0.3) is 0 Å². The number of hydrogen-bond acceptors (Lipinski definition) is 7. The molecule has 4 heterocycles. The van der Waals surface area contributed by atoms with Gasteiger partial charge in [-0.2, -0.15) is 0 Å². The van der Waals surface area contributed by atoms with Crippen LogP contribution in [0.4, 0.5) is 5.82 Å². The molecule has 0 radical (unpaired) electrons. The van der Waals surface area contributed by atoms with E-state index in [9.17, 15) is 0 Å². The predicted octanol–water partition coefficient (Wildman–Crippen LogP) is 2.65. The summed E-state index contributed by atoms with van der Waals surface area (Å²) >= 11 is 7.37. The van der Waals surface area contributed by atoms with Gasteiger partial charge in [0.1, 0.15) is 5.82 Å². The summed E-state index contributed by atoms with van der Waals surface area (Å²) in [6.07, 6.45) is 5.26. The van der Waals surface area contributed by atoms with E-state index < -0.39 is 0 Å². The molecule has 26 heavy (non-hydrogen) atoms. The Morgan fingerprint density at radius 3 is 2.73 bits per heavy atom. The smallest absolute Gasteiger partial charge is 0.216 e. The zero-order valence-electron chi connectivity index (χ0n) is 14.0. The van der Waals surface area contributed by atoms with Crippen LogP contribution in [0.2, 0.25) is 0 Å². The number of rotatable bonds is 3. The molecule has 0 aliphatic carbocycles. The van der Waals surface area contributed by atoms with Crippen molar-refractivity contribution in [3.63, 3.8) is 0 Å². The quantitative estimate of drug-likeness (QED) is 0.507. The van der Waals surface area contributed by atoms with E-state index in [0.29, 0.717) is 0 Å². The molecule has 0 spiro atoms. The van der Waals surface area contributed by atoms with E-state index in [1.54, 1.807) is 23.7 Å². The van der Waals surface area contributed by atoms with Crippen molar-refractivity contribution in [3.05, 3.63) is 47.6 Å². The average Bonchev–Trinajstić information content (AvgIpc) is 3.20. The van der Waals surface area contributed by atoms with Gasteiger partial charge in [0.2, 0.25) is 9.73 Å². The molecule has 0 saturated carbocycles. The van der Waals surface area contributed by atoms with Crippen molar-refractivity contribution < 1.29 is 0 Å². The first-order chi connectivity index (χ1) is 12.8. The van der Waals surface area contributed by atoms with E-state index in [2.05, 4.69) is 36.3 Å². The fourth-order valence-corrected chi connectivity index (χ4v) is 4.71. The van der Waals surface area contributed by atoms with Crippen molar-refractivity contribution in [1.82, 2.24) is 29.0 Å². The summed E-state index contributed by atoms with van der Waals surface area (Å²) < 4.78 is 5.98. The van der Waals surface area contributed by atoms with E-state index in [1.165, 1.54) is 4.70 Å². The molecule has 0 amide bonds. The van der Waals surface area contributed by atoms with Crippen LogP contribution in [-0.4, -0.2) is 55.2 Å². The lowest BCUT2D eigenvalue weighted by atomic mass is 10.3. The summed E-state index contributed by atoms with van der Waals surface area (Å²) in [7, 11) is 0. The molecule has 0 unspecified atom stereocenters. The summed E-state index contributed by atoms with van der Waals surface area (Å²) in [6, 6.07) is 8.30. The predicted molar refractivity (Wildman–Crippen MR) is 105 cm³/mol. The van der Waals surface area contributed by atoms with Crippen LogP contribution in [0.3, 0.4) is 0 Å². The second kappa shape index (κ2) is 6.42. The van der Waals surface area contributed by atoms with Gasteiger partial charge in [0, 0.05) is 38.6 Å². The Labute approximate surface area is 159 Å². The second-order valence-corrected chi connectivity index (χ2v) is 7.65. The fourth-order valence-electron chi connectivity index (χ4n) is 3.34. The van der Waals surface area contributed by atoms with Crippen LogP contribution in [0.25, 0.3) is 15.2 Å². The number of thiazole rings is 1. The van der Waals surface area contributed by atoms with Gasteiger partial charge in [-0.3, -0.25) is 14.3 Å². The minimum atomic E-state index is 0.718. The standard InChI is InChI=1S/C17H17N7S2/c25-17-23(20-16-24(17)13-3-1-2-4-14(13)26-16)12-21-7-9-22(10-8-21)15-11-18-5-6-19-15/h1-6,11H,7-10,12H2. The molecular formula is C17H17N7S2. The summed E-state index contributed by atoms with van der Waals surface area (Å²) in [4.78, 5) is 14.1. The number of nitrogens with zero attached hydrogens (tertiary/aromatic N) is 7. The van der Waals surface area contributed by atoms with Gasteiger partial charge >= 0.3 is 0 Å². The number of benzene rings is 1. The monoisotopic (exact) mass is 383 g/mol. The van der Waals surface area contributed by atoms with Gasteiger partial charge in [-0.25, -0.2) is 9.67 Å². The molecule has 0 atom stereocenters. The van der Waals surface area contributed by atoms with Crippen LogP contribution in [0.5, 0.6) is 0 Å². The SMILES string of the molecule is S=c1n(CN2CCN(c3cnccn3)CC2)nc2sc3ccccc3n12. The molecule has 9 heteroatoms. The van der Waals surface area contributed by atoms with Gasteiger partial charge in [0.15, 0.2) is 0 Å². The number of para-hydroxylation sites is 1. The molecule has 4 aromatic rings. The maximum absolute atomic E-state index is 5.69. The highest BCUT2D eigenvalue weighted by Crippen LogP contribution is 2.25. The van der Waals surface area contributed by atoms with Crippen LogP contribution in [0.15, 0.2) is 42.9 Å². The highest BCUT2D eigenvalue weighted by molar-refractivity contribution is 7.71. The molecule has 1 saturated heterocycles. The summed E-state index contributed by atoms with van der Waals surface area (Å²) in [5.74, 6) is 0.942. The minimum Gasteiger partial charge on any atom is -0.353 e. The lowest BCUT2D eigenvalue weighted by Crippen LogP contribution is -2.47. The normalized spacial score (nSPS) is 15.9. The first-order valence-electron chi connectivity index (χ1n) is 8.50. The molecule has 1 aliphatic rings. The first kappa shape index (κ1) is 15.9. The Kier molecular flexibility index (Phi) is 3.92. The molecule has 7 nitrogen and oxygen atoms in total. The third-order valence-corrected chi connectivity index (χ3v) is 6.10. The van der Waals surface area contributed by atoms with E-state index in [1.807, 2.05) is 23.0 Å². The number of hydrogen-bond donors (Lipinski definition) is 0. The number of anilines is 1. The van der Waals surface area contributed by atoms with Crippen molar-refractivity contribution >= 4 is 44.6 Å². The van der Waals surface area contributed by atoms with E-state index in [4.69, 9.17) is 17.3 Å². The lowest BCUT2D eigenvalue weighted by Gasteiger charge is -2.34. The van der Waals surface area contributed by atoms with Crippen molar-refractivity contribution in [2.45, 2.75) is 6.67 Å². The molecule has 5 rings (SSSR count). The maximum atomic E-state index is 5.69. The van der Waals surface area contributed by atoms with E-state index in [0.717, 1.165) is 53.9 Å². The summed E-state index contributed by atoms with van der Waals surface area (Å²) in [5, 5.41) is 4.74. The van der Waals surface area contributed by atoms with Gasteiger partial charge in [-0.15, -0.1) is 5.10 Å². The topological polar surface area (TPSA) is 54.5 Å². The summed E-state index contributed by atoms with van der Waals surface area (Å²) in [6.45, 7) is 4.47. The van der Waals surface area contributed by atoms with Crippen LogP contribution in [0, 0.1) is 4.77 Å². The Hall–Kier alpha value is -2.36. The van der Waals surface area contributed by atoms with E-state index in [-0.39, 0.29) is 0 Å². The van der Waals surface area contributed by atoms with E-state index >= 15 is 0 Å². The van der Waals surface area contributed by atoms with Crippen LogP contribution >= 0.6 is 23.6 Å². The minimum absolute atomic E-state index is 0.718. The highest BCUT2D eigenvalue weighted by atomic mass is 32.1. The highest BCUT2D eigenvalue weighted by Gasteiger charge is 2.19. The Morgan fingerprint density at radius 1 is 1.08 bits per heavy atom. The zero-order chi connectivity index (χ0) is 17.5. The molecule has 132 valence electrons. The number of fused-ring (bicyclic) bond motifs is 3. The van der Waals surface area contributed by atoms with Crippen molar-refractivity contribution in [1.29, 1.82) is 0 Å². The lowest BCUT2D eigenvalue weighted by molar-refractivity contribution is 0.194. The maximum Gasteiger partial charge on any atom is 0.216 e. The van der Waals surface area contributed by atoms with Crippen molar-refractivity contribution in [2.24, 2.45) is 0 Å². The van der Waals surface area contributed by atoms with Gasteiger partial charge in [-0.1, -0.05) is 23.5 Å². The Bertz CT molecular complexity index is 1110. The van der Waals surface area contributed by atoms with Gasteiger partial charge < -0.3 is 4.90 Å². The Morgan fingerprint density at radius 2 is 1.92 bits per heavy atom. The van der Waals surface area contributed by atoms with Crippen molar-refractivity contribution in [2.75, 3.05) is 31.1 Å². The van der Waals surface area contributed by atoms with Crippen molar-refractivity contribution in [3.8, 4) is 0 Å². The average molecular weight is 384 g/mol. The van der Waals surface area contributed by atoms with Gasteiger partial charge in [0.05, 0.1) is 23.1 Å². The van der Waals surface area contributed by atoms with Gasteiger partial charge in [-0.05, 0) is 24.4 Å². The molecule has 0 N–H and O–H groups in total. The first-order valence-corrected chi connectivity index (χ1v) is 9.72. The largest absolute Gasteiger partial charge is 0.353 e. The molecule has 0 bridgehead atoms. The van der Waals surface area contributed by atoms with Crippen LogP contribution in [0.1, 0.15) is 0 Å². The Balaban J connectivity index is 1.34. The third kappa shape index (κ3) is 2.68. The molecule has 3 aromatic heterocycles. The van der Waals surface area contributed by atoms with Crippen LogP contribution < -0.4 is 4.90 Å². The second-order valence-electron chi connectivity index (χ2n) is 6.28. The number of piperazine rings is 1. The molecule has 1 aromatic carbocycles. The summed E-state index contributed by atoms with van der Waals surface area (Å²) in [5.41, 5.74) is 1.14. The molecular weight excluding hydrogens is 366 g/mol. The van der Waals surface area contributed by atoms with Crippen LogP contribution in [-0.2, 0) is 6.67 Å². The fraction of sp³-hybridized carbons (Fsp3) is 0.294. The zero-order valence-corrected chi connectivity index (χ0v) is 15.7. The number of aromatic nitrogens is 5. The molecule has 1 fully saturated rings. The third-order valence-electron chi connectivity index (χ3n) is 4.70. The molecule has 1 aliphatic heterocycles.